The maximum absolute atomic E-state index is 14.2. The molecule has 105 heavy (non-hydrogen) atoms. The molecule has 0 spiro atoms. The van der Waals surface area contributed by atoms with Gasteiger partial charge in [0.15, 0.2) is 0 Å². The maximum atomic E-state index is 14.2. The van der Waals surface area contributed by atoms with Gasteiger partial charge in [0.25, 0.3) is 82.7 Å². The van der Waals surface area contributed by atoms with Crippen LogP contribution in [0, 0.1) is 0 Å². The van der Waals surface area contributed by atoms with E-state index in [1.165, 1.54) is 135 Å². The minimum atomic E-state index is -1.02. The lowest BCUT2D eigenvalue weighted by Gasteiger charge is -2.39. The summed E-state index contributed by atoms with van der Waals surface area (Å²) in [5.74, 6) is -5.63. The molecule has 29 nitrogen and oxygen atoms in total. The van der Waals surface area contributed by atoms with Crippen molar-refractivity contribution >= 4 is 138 Å². The molecule has 8 aromatic rings. The van der Waals surface area contributed by atoms with Crippen molar-refractivity contribution in [3.63, 3.8) is 0 Å². The predicted octanol–water partition coefficient (Wildman–Crippen LogP) is 7.34. The van der Waals surface area contributed by atoms with Crippen LogP contribution in [0.5, 0.6) is 0 Å². The third-order valence-corrected chi connectivity index (χ3v) is 20.4. The molecule has 0 bridgehead atoms. The van der Waals surface area contributed by atoms with Crippen molar-refractivity contribution in [1.82, 2.24) is 34.6 Å². The molecule has 8 aromatic carbocycles. The largest absolute Gasteiger partial charge is 0.386 e. The molecule has 4 atom stereocenters. The Balaban J connectivity index is 0.000000147. The number of rotatable bonds is 17. The van der Waals surface area contributed by atoms with E-state index in [0.717, 1.165) is 9.80 Å². The van der Waals surface area contributed by atoms with Gasteiger partial charge in [0.2, 0.25) is 0 Å². The van der Waals surface area contributed by atoms with Gasteiger partial charge in [-0.05, 0) is 123 Å². The Bertz CT molecular complexity index is 5020. The van der Waals surface area contributed by atoms with Crippen molar-refractivity contribution in [1.29, 1.82) is 0 Å². The first-order valence-corrected chi connectivity index (χ1v) is 33.5. The second-order valence-electron chi connectivity index (χ2n) is 25.8. The van der Waals surface area contributed by atoms with E-state index in [4.69, 9.17) is 29.5 Å². The summed E-state index contributed by atoms with van der Waals surface area (Å²) in [4.78, 5) is 218. The number of methoxy groups -OCH3 is 4. The van der Waals surface area contributed by atoms with Crippen LogP contribution >= 0.6 is 0 Å². The highest BCUT2D eigenvalue weighted by molar-refractivity contribution is 6.39. The highest BCUT2D eigenvalue weighted by Gasteiger charge is 2.51. The molecule has 8 heterocycles. The van der Waals surface area contributed by atoms with E-state index >= 15 is 0 Å². The zero-order valence-corrected chi connectivity index (χ0v) is 57.5. The van der Waals surface area contributed by atoms with E-state index in [0.29, 0.717) is 62.3 Å². The number of hydrazine groups is 2. The molecule has 0 radical (unpaired) electrons. The van der Waals surface area contributed by atoms with Crippen LogP contribution < -0.4 is 5.84 Å². The molecule has 8 aliphatic rings. The van der Waals surface area contributed by atoms with Crippen LogP contribution in [0.15, 0.2) is 97.1 Å². The van der Waals surface area contributed by atoms with E-state index in [9.17, 15) is 76.7 Å². The number of esters is 2. The van der Waals surface area contributed by atoms with Crippen molar-refractivity contribution in [2.75, 3.05) is 54.9 Å². The molecular formula is C76H62N8O21. The summed E-state index contributed by atoms with van der Waals surface area (Å²) < 4.78 is 25.5. The molecule has 0 aromatic heterocycles. The lowest BCUT2D eigenvalue weighted by Crippen LogP contribution is -2.58. The fraction of sp³-hybridized carbons (Fsp3) is 0.263. The van der Waals surface area contributed by atoms with E-state index in [1.807, 2.05) is 27.7 Å². The monoisotopic (exact) mass is 1420 g/mol. The molecule has 14 amide bonds. The number of hydrogen-bond acceptors (Lipinski definition) is 22. The lowest BCUT2D eigenvalue weighted by atomic mass is 9.85. The third kappa shape index (κ3) is 10.00. The Morgan fingerprint density at radius 3 is 0.581 bits per heavy atom. The Labute approximate surface area is 594 Å². The Morgan fingerprint density at radius 1 is 0.257 bits per heavy atom. The van der Waals surface area contributed by atoms with E-state index in [1.54, 1.807) is 0 Å². The summed E-state index contributed by atoms with van der Waals surface area (Å²) in [7, 11) is 5.96. The highest BCUT2D eigenvalue weighted by atomic mass is 16.6. The van der Waals surface area contributed by atoms with E-state index in [-0.39, 0.29) is 137 Å². The van der Waals surface area contributed by atoms with E-state index in [2.05, 4.69) is 0 Å². The van der Waals surface area contributed by atoms with Gasteiger partial charge in [-0.1, -0.05) is 27.7 Å². The van der Waals surface area contributed by atoms with Gasteiger partial charge in [-0.3, -0.25) is 86.7 Å². The first-order valence-electron chi connectivity index (χ1n) is 33.5. The molecule has 16 rings (SSSR count). The molecule has 0 saturated carbocycles. The molecule has 29 heteroatoms. The number of hydrogen-bond donors (Lipinski definition) is 1. The van der Waals surface area contributed by atoms with Crippen LogP contribution in [0.2, 0.25) is 0 Å². The summed E-state index contributed by atoms with van der Waals surface area (Å²) in [6, 6.07) is 20.9. The number of carbonyl (C=O) groups is 16. The smallest absolute Gasteiger partial charge is 0.346 e. The van der Waals surface area contributed by atoms with Crippen LogP contribution in [0.1, 0.15) is 219 Å². The zero-order valence-electron chi connectivity index (χ0n) is 57.5. The van der Waals surface area contributed by atoms with Crippen LogP contribution in [-0.4, -0.2) is 208 Å². The zero-order chi connectivity index (χ0) is 75.0. The number of imide groups is 7. The van der Waals surface area contributed by atoms with Crippen LogP contribution in [0.4, 0.5) is 0 Å². The van der Waals surface area contributed by atoms with Gasteiger partial charge in [0, 0.05) is 116 Å². The van der Waals surface area contributed by atoms with Gasteiger partial charge in [-0.25, -0.2) is 20.4 Å². The van der Waals surface area contributed by atoms with E-state index < -0.39 is 119 Å². The molecule has 0 fully saturated rings. The summed E-state index contributed by atoms with van der Waals surface area (Å²) in [5, 5.41) is 3.16. The van der Waals surface area contributed by atoms with Crippen molar-refractivity contribution < 1.29 is 100 Å². The number of carbonyl (C=O) groups excluding carboxylic acids is 16. The molecular weight excluding hydrogens is 1360 g/mol. The number of ether oxygens (including phenoxy) is 5. The number of amides is 14. The summed E-state index contributed by atoms with van der Waals surface area (Å²) in [5.41, 5.74) is 2.00. The van der Waals surface area contributed by atoms with Gasteiger partial charge in [0.1, 0.15) is 0 Å². The van der Waals surface area contributed by atoms with Crippen molar-refractivity contribution in [3.8, 4) is 0 Å². The minimum Gasteiger partial charge on any atom is -0.386 e. The quantitative estimate of drug-likeness (QED) is 0.0306. The maximum Gasteiger partial charge on any atom is 0.346 e. The van der Waals surface area contributed by atoms with Gasteiger partial charge < -0.3 is 23.7 Å². The fourth-order valence-corrected chi connectivity index (χ4v) is 15.4. The SMILES string of the molecule is CCC(COC)N1C(=O)c2ccc3c4c(ccc(c24)C1=O)C(=O)N(N)C3=O.CCC(COC)N1C(=O)c2ccc3c4c(ccc(c24)C1=O)C(=O)N(N1C(=O)c2ccc4c5c(ccc(c25)C1=O)C(=O)N(C(CC)COC)C4=O)C3=O.CCC(COC)N1C(=O)c2ccc3c4c(ccc(c24)C1=O)C(=O)OC3=O. The molecule has 2 N–H and O–H groups in total. The second kappa shape index (κ2) is 26.2. The Morgan fingerprint density at radius 2 is 0.410 bits per heavy atom. The molecule has 0 aliphatic carbocycles. The Hall–Kier alpha value is -12.3. The van der Waals surface area contributed by atoms with Crippen molar-refractivity contribution in [2.24, 2.45) is 5.84 Å². The first-order chi connectivity index (χ1) is 50.4. The average molecular weight is 1420 g/mol. The lowest BCUT2D eigenvalue weighted by molar-refractivity contribution is 0.00211. The summed E-state index contributed by atoms with van der Waals surface area (Å²) in [6.07, 6.45) is 1.95. The second-order valence-corrected chi connectivity index (χ2v) is 25.8. The normalized spacial score (nSPS) is 17.4. The summed E-state index contributed by atoms with van der Waals surface area (Å²) >= 11 is 0. The molecule has 4 unspecified atom stereocenters. The fourth-order valence-electron chi connectivity index (χ4n) is 15.4. The predicted molar refractivity (Wildman–Crippen MR) is 367 cm³/mol. The summed E-state index contributed by atoms with van der Waals surface area (Å²) in [6.45, 7) is 8.06. The van der Waals surface area contributed by atoms with Crippen LogP contribution in [0.25, 0.3) is 43.1 Å². The third-order valence-electron chi connectivity index (χ3n) is 20.4. The highest BCUT2D eigenvalue weighted by Crippen LogP contribution is 2.45. The topological polar surface area (TPSA) is 368 Å². The van der Waals surface area contributed by atoms with Gasteiger partial charge >= 0.3 is 11.9 Å². The molecule has 8 aliphatic heterocycles. The first kappa shape index (κ1) is 69.8. The van der Waals surface area contributed by atoms with Crippen LogP contribution in [0.3, 0.4) is 0 Å². The molecule has 532 valence electrons. The number of nitrogens with zero attached hydrogens (tertiary/aromatic N) is 7. The minimum absolute atomic E-state index is 0.0682. The van der Waals surface area contributed by atoms with Crippen LogP contribution in [-0.2, 0) is 23.7 Å². The standard InChI is InChI=1S/C38H30N4O10.C19H17N3O5.C19H15NO6/c1-5-17(15-51-3)39-31(43)19-7-11-23-29-24(12-8-20(27(19)29)32(39)44)36(48)41(35(23)47)42-37(49)25-13-9-21-28-22(10-14-26(30(25)28)38(42)50)34(46)40(33(21)45)18(6-2)16-52-4;1-3-9(8-27-2)21-16(23)10-4-6-12-15-13(19(26)22(20)18(12)25)7-5-11(14(10)15)17(21)24;1-3-9(8-25-2)20-16(21)10-4-6-12-15-13(19(24)26-18(12)23)7-5-11(14(10)15)17(20)22/h7-14,17-18H,5-6,15-16H2,1-4H3;4-7,9H,3,8,20H2,1-2H3;4-7,9H,3,8H2,1-2H3. The van der Waals surface area contributed by atoms with Crippen molar-refractivity contribution in [2.45, 2.75) is 77.5 Å². The van der Waals surface area contributed by atoms with Gasteiger partial charge in [-0.2, -0.15) is 10.0 Å². The van der Waals surface area contributed by atoms with Gasteiger partial charge in [0.05, 0.1) is 95.1 Å². The average Bonchev–Trinajstić information content (AvgIpc) is 0.704. The van der Waals surface area contributed by atoms with Gasteiger partial charge in [-0.15, -0.1) is 0 Å². The molecule has 0 saturated heterocycles. The Kier molecular flexibility index (Phi) is 17.4. The van der Waals surface area contributed by atoms with Crippen molar-refractivity contribution in [3.05, 3.63) is 186 Å². The number of nitrogens with two attached hydrogens (primary N) is 1. The number of benzene rings is 8. The number of cyclic esters (lactones) is 2.